The molecule has 3 rings (SSSR count). The molecule has 30 heavy (non-hydrogen) atoms. The second-order valence-electron chi connectivity index (χ2n) is 7.04. The topological polar surface area (TPSA) is 71.0 Å². The number of methoxy groups -OCH3 is 1. The van der Waals surface area contributed by atoms with Crippen molar-refractivity contribution in [2.75, 3.05) is 19.0 Å². The number of nitrogens with zero attached hydrogens (tertiary/aromatic N) is 2. The molecule has 2 amide bonds. The molecule has 0 unspecified atom stereocenters. The molecule has 1 aliphatic heterocycles. The molecule has 2 aromatic carbocycles. The van der Waals surface area contributed by atoms with Crippen molar-refractivity contribution in [3.8, 4) is 5.75 Å². The molecule has 2 aromatic rings. The summed E-state index contributed by atoms with van der Waals surface area (Å²) in [6.07, 6.45) is 1.70. The molecule has 1 fully saturated rings. The first-order valence-electron chi connectivity index (χ1n) is 9.60. The van der Waals surface area contributed by atoms with Gasteiger partial charge < -0.3 is 10.1 Å². The first-order valence-corrected chi connectivity index (χ1v) is 10.5. The molecular formula is C23H25N3O3S. The summed E-state index contributed by atoms with van der Waals surface area (Å²) in [4.78, 5) is 31.8. The van der Waals surface area contributed by atoms with E-state index in [1.807, 2.05) is 38.1 Å². The zero-order valence-corrected chi connectivity index (χ0v) is 18.2. The van der Waals surface area contributed by atoms with Gasteiger partial charge in [0.2, 0.25) is 11.8 Å². The van der Waals surface area contributed by atoms with Crippen molar-refractivity contribution in [1.82, 2.24) is 4.90 Å². The first kappa shape index (κ1) is 21.6. The zero-order valence-electron chi connectivity index (χ0n) is 17.3. The minimum absolute atomic E-state index is 0.0427. The van der Waals surface area contributed by atoms with Gasteiger partial charge in [-0.15, -0.1) is 6.58 Å². The van der Waals surface area contributed by atoms with Crippen LogP contribution in [0.2, 0.25) is 0 Å². The quantitative estimate of drug-likeness (QED) is 0.668. The molecule has 1 aliphatic rings. The molecule has 0 spiro atoms. The number of hydrogen-bond donors (Lipinski definition) is 1. The van der Waals surface area contributed by atoms with Gasteiger partial charge in [-0.2, -0.15) is 0 Å². The van der Waals surface area contributed by atoms with Gasteiger partial charge >= 0.3 is 0 Å². The predicted molar refractivity (Wildman–Crippen MR) is 123 cm³/mol. The second kappa shape index (κ2) is 9.63. The average Bonchev–Trinajstić information content (AvgIpc) is 2.96. The molecule has 7 heteroatoms. The smallest absolute Gasteiger partial charge is 0.242 e. The first-order chi connectivity index (χ1) is 14.4. The molecule has 156 valence electrons. The van der Waals surface area contributed by atoms with Crippen molar-refractivity contribution in [3.63, 3.8) is 0 Å². The van der Waals surface area contributed by atoms with Crippen LogP contribution in [0, 0.1) is 13.8 Å². The van der Waals surface area contributed by atoms with Crippen LogP contribution in [0.3, 0.4) is 0 Å². The van der Waals surface area contributed by atoms with Gasteiger partial charge in [0.1, 0.15) is 11.0 Å². The van der Waals surface area contributed by atoms with E-state index in [4.69, 9.17) is 4.74 Å². The number of thioether (sulfide) groups is 1. The Labute approximate surface area is 181 Å². The van der Waals surface area contributed by atoms with E-state index in [1.165, 1.54) is 11.8 Å². The lowest BCUT2D eigenvalue weighted by Crippen LogP contribution is -2.33. The number of aliphatic imine (C=N–C) groups is 1. The van der Waals surface area contributed by atoms with E-state index in [-0.39, 0.29) is 18.2 Å². The van der Waals surface area contributed by atoms with E-state index in [9.17, 15) is 9.59 Å². The second-order valence-corrected chi connectivity index (χ2v) is 8.21. The highest BCUT2D eigenvalue weighted by Gasteiger charge is 2.38. The number of carbonyl (C=O) groups is 2. The van der Waals surface area contributed by atoms with Crippen LogP contribution in [0.25, 0.3) is 0 Å². The van der Waals surface area contributed by atoms with E-state index >= 15 is 0 Å². The number of aryl methyl sites for hydroxylation is 2. The number of rotatable bonds is 7. The van der Waals surface area contributed by atoms with Crippen LogP contribution in [0.4, 0.5) is 11.4 Å². The number of para-hydroxylation sites is 2. The van der Waals surface area contributed by atoms with E-state index in [0.717, 1.165) is 16.8 Å². The molecule has 0 aliphatic carbocycles. The van der Waals surface area contributed by atoms with Gasteiger partial charge in [-0.1, -0.05) is 36.0 Å². The summed E-state index contributed by atoms with van der Waals surface area (Å²) in [6.45, 7) is 8.11. The standard InChI is InChI=1S/C23H25N3O3S/c1-5-10-26-22(28)20(14-21(27)25-18-8-6-7-9-19(18)29-4)30-23(26)24-17-12-15(2)11-16(3)13-17/h5-9,11-13,20H,1,10,14H2,2-4H3,(H,25,27)/t20-/m0/s1. The number of amidine groups is 1. The van der Waals surface area contributed by atoms with Crippen LogP contribution in [-0.4, -0.2) is 40.8 Å². The molecule has 0 bridgehead atoms. The molecule has 0 aromatic heterocycles. The zero-order chi connectivity index (χ0) is 21.7. The average molecular weight is 424 g/mol. The normalized spacial score (nSPS) is 17.3. The van der Waals surface area contributed by atoms with Crippen LogP contribution in [0.5, 0.6) is 5.75 Å². The van der Waals surface area contributed by atoms with Gasteiger partial charge in [-0.05, 0) is 49.2 Å². The summed E-state index contributed by atoms with van der Waals surface area (Å²) in [5, 5.41) is 2.87. The molecular weight excluding hydrogens is 398 g/mol. The fraction of sp³-hybridized carbons (Fsp3) is 0.261. The third-order valence-electron chi connectivity index (χ3n) is 4.51. The third-order valence-corrected chi connectivity index (χ3v) is 5.69. The van der Waals surface area contributed by atoms with E-state index in [2.05, 4.69) is 23.0 Å². The highest BCUT2D eigenvalue weighted by atomic mass is 32.2. The maximum Gasteiger partial charge on any atom is 0.242 e. The maximum absolute atomic E-state index is 12.9. The lowest BCUT2D eigenvalue weighted by Gasteiger charge is -2.14. The lowest BCUT2D eigenvalue weighted by molar-refractivity contribution is -0.127. The van der Waals surface area contributed by atoms with Gasteiger partial charge in [-0.3, -0.25) is 14.5 Å². The third kappa shape index (κ3) is 5.10. The summed E-state index contributed by atoms with van der Waals surface area (Å²) in [5.74, 6) is 0.177. The van der Waals surface area contributed by atoms with Crippen molar-refractivity contribution in [3.05, 3.63) is 66.2 Å². The number of benzene rings is 2. The fourth-order valence-electron chi connectivity index (χ4n) is 3.27. The minimum atomic E-state index is -0.538. The number of amides is 2. The summed E-state index contributed by atoms with van der Waals surface area (Å²) < 4.78 is 5.26. The molecule has 1 atom stereocenters. The van der Waals surface area contributed by atoms with Crippen molar-refractivity contribution >= 4 is 40.1 Å². The lowest BCUT2D eigenvalue weighted by atomic mass is 10.1. The number of carbonyl (C=O) groups excluding carboxylic acids is 2. The van der Waals surface area contributed by atoms with Crippen LogP contribution in [0.15, 0.2) is 60.1 Å². The summed E-state index contributed by atoms with van der Waals surface area (Å²) in [5.41, 5.74) is 3.57. The van der Waals surface area contributed by atoms with Crippen molar-refractivity contribution in [1.29, 1.82) is 0 Å². The van der Waals surface area contributed by atoms with Crippen LogP contribution in [-0.2, 0) is 9.59 Å². The predicted octanol–water partition coefficient (Wildman–Crippen LogP) is 4.46. The Morgan fingerprint density at radius 2 is 1.97 bits per heavy atom. The molecule has 0 radical (unpaired) electrons. The van der Waals surface area contributed by atoms with Crippen LogP contribution in [0.1, 0.15) is 17.5 Å². The van der Waals surface area contributed by atoms with E-state index in [0.29, 0.717) is 23.1 Å². The number of anilines is 1. The largest absolute Gasteiger partial charge is 0.495 e. The Balaban J connectivity index is 1.77. The van der Waals surface area contributed by atoms with E-state index < -0.39 is 5.25 Å². The number of ether oxygens (including phenoxy) is 1. The van der Waals surface area contributed by atoms with Crippen LogP contribution >= 0.6 is 11.8 Å². The Morgan fingerprint density at radius 1 is 1.27 bits per heavy atom. The van der Waals surface area contributed by atoms with Gasteiger partial charge in [0.15, 0.2) is 5.17 Å². The Hall–Kier alpha value is -3.06. The van der Waals surface area contributed by atoms with Gasteiger partial charge in [-0.25, -0.2) is 4.99 Å². The molecule has 0 saturated carbocycles. The molecule has 1 N–H and O–H groups in total. The summed E-state index contributed by atoms with van der Waals surface area (Å²) in [6, 6.07) is 13.2. The molecule has 6 nitrogen and oxygen atoms in total. The van der Waals surface area contributed by atoms with Crippen molar-refractivity contribution < 1.29 is 14.3 Å². The fourth-order valence-corrected chi connectivity index (χ4v) is 4.43. The van der Waals surface area contributed by atoms with Gasteiger partial charge in [0, 0.05) is 13.0 Å². The highest BCUT2D eigenvalue weighted by Crippen LogP contribution is 2.32. The number of hydrogen-bond acceptors (Lipinski definition) is 5. The number of nitrogens with one attached hydrogen (secondary N) is 1. The van der Waals surface area contributed by atoms with Crippen LogP contribution < -0.4 is 10.1 Å². The molecule has 1 saturated heterocycles. The van der Waals surface area contributed by atoms with Crippen molar-refractivity contribution in [2.45, 2.75) is 25.5 Å². The van der Waals surface area contributed by atoms with Gasteiger partial charge in [0.25, 0.3) is 0 Å². The minimum Gasteiger partial charge on any atom is -0.495 e. The highest BCUT2D eigenvalue weighted by molar-refractivity contribution is 8.15. The molecule has 1 heterocycles. The Kier molecular flexibility index (Phi) is 6.95. The summed E-state index contributed by atoms with van der Waals surface area (Å²) in [7, 11) is 1.55. The van der Waals surface area contributed by atoms with Crippen molar-refractivity contribution in [2.24, 2.45) is 4.99 Å². The summed E-state index contributed by atoms with van der Waals surface area (Å²) >= 11 is 1.31. The van der Waals surface area contributed by atoms with E-state index in [1.54, 1.807) is 30.2 Å². The van der Waals surface area contributed by atoms with Gasteiger partial charge in [0.05, 0.1) is 18.5 Å². The Morgan fingerprint density at radius 3 is 2.63 bits per heavy atom. The monoisotopic (exact) mass is 423 g/mol. The SMILES string of the molecule is C=CCN1C(=O)[C@H](CC(=O)Nc2ccccc2OC)SC1=Nc1cc(C)cc(C)c1. The Bertz CT molecular complexity index is 983. The maximum atomic E-state index is 12.9.